The first-order valence-corrected chi connectivity index (χ1v) is 8.60. The quantitative estimate of drug-likeness (QED) is 0.612. The molecule has 5 nitrogen and oxygen atoms in total. The van der Waals surface area contributed by atoms with Crippen molar-refractivity contribution < 1.29 is 14.6 Å². The van der Waals surface area contributed by atoms with E-state index in [9.17, 15) is 9.90 Å². The largest absolute Gasteiger partial charge is 0.497 e. The lowest BCUT2D eigenvalue weighted by molar-refractivity contribution is -0.126. The molecule has 128 valence electrons. The molecule has 1 amide bonds. The molecule has 1 atom stereocenters. The fourth-order valence-electron chi connectivity index (χ4n) is 2.67. The summed E-state index contributed by atoms with van der Waals surface area (Å²) >= 11 is 3.38. The number of aliphatic hydroxyl groups excluding tert-OH is 1. The van der Waals surface area contributed by atoms with Gasteiger partial charge in [-0.1, -0.05) is 24.0 Å². The monoisotopic (exact) mass is 400 g/mol. The third-order valence-electron chi connectivity index (χ3n) is 4.15. The van der Waals surface area contributed by atoms with Crippen LogP contribution in [0.2, 0.25) is 0 Å². The van der Waals surface area contributed by atoms with Crippen molar-refractivity contribution >= 4 is 21.8 Å². The van der Waals surface area contributed by atoms with Gasteiger partial charge in [0.05, 0.1) is 19.4 Å². The summed E-state index contributed by atoms with van der Waals surface area (Å²) in [6, 6.07) is 11.2. The highest BCUT2D eigenvalue weighted by Gasteiger charge is 2.40. The van der Waals surface area contributed by atoms with E-state index in [-0.39, 0.29) is 12.5 Å². The number of pyridine rings is 1. The molecule has 1 aromatic carbocycles. The average Bonchev–Trinajstić information content (AvgIpc) is 3.00. The maximum Gasteiger partial charge on any atom is 0.240 e. The fourth-order valence-corrected chi connectivity index (χ4v) is 3.09. The van der Waals surface area contributed by atoms with Gasteiger partial charge in [-0.3, -0.25) is 4.79 Å². The van der Waals surface area contributed by atoms with Crippen LogP contribution in [-0.4, -0.2) is 36.3 Å². The highest BCUT2D eigenvalue weighted by atomic mass is 79.9. The summed E-state index contributed by atoms with van der Waals surface area (Å²) in [5.74, 6) is 6.47. The molecule has 6 heteroatoms. The van der Waals surface area contributed by atoms with Gasteiger partial charge in [0.1, 0.15) is 15.8 Å². The van der Waals surface area contributed by atoms with Gasteiger partial charge in [-0.15, -0.1) is 0 Å². The summed E-state index contributed by atoms with van der Waals surface area (Å²) in [5.41, 5.74) is 1.39. The average molecular weight is 401 g/mol. The van der Waals surface area contributed by atoms with Crippen molar-refractivity contribution in [1.29, 1.82) is 0 Å². The number of rotatable bonds is 3. The lowest BCUT2D eigenvalue weighted by atomic mass is 9.88. The van der Waals surface area contributed by atoms with Crippen LogP contribution in [-0.2, 0) is 4.79 Å². The van der Waals surface area contributed by atoms with Gasteiger partial charge in [0.25, 0.3) is 0 Å². The Morgan fingerprint density at radius 2 is 2.24 bits per heavy atom. The van der Waals surface area contributed by atoms with Crippen molar-refractivity contribution in [2.24, 2.45) is 5.41 Å². The summed E-state index contributed by atoms with van der Waals surface area (Å²) in [5, 5.41) is 12.3. The van der Waals surface area contributed by atoms with Crippen LogP contribution in [0.25, 0.3) is 11.3 Å². The Hall–Kier alpha value is -2.36. The number of nitrogens with zero attached hydrogens (tertiary/aromatic N) is 1. The maximum atomic E-state index is 11.9. The van der Waals surface area contributed by atoms with Gasteiger partial charge in [-0.05, 0) is 34.5 Å². The Bertz CT molecular complexity index is 872. The highest BCUT2D eigenvalue weighted by Crippen LogP contribution is 2.27. The molecule has 3 rings (SSSR count). The first-order valence-electron chi connectivity index (χ1n) is 7.81. The summed E-state index contributed by atoms with van der Waals surface area (Å²) < 4.78 is 5.95. The molecule has 1 aromatic heterocycles. The minimum atomic E-state index is -1.01. The van der Waals surface area contributed by atoms with Crippen LogP contribution in [0.4, 0.5) is 0 Å². The lowest BCUT2D eigenvalue weighted by Crippen LogP contribution is -2.33. The van der Waals surface area contributed by atoms with Crippen molar-refractivity contribution in [2.45, 2.75) is 6.42 Å². The van der Waals surface area contributed by atoms with E-state index in [1.165, 1.54) is 0 Å². The molecule has 0 spiro atoms. The second-order valence-corrected chi connectivity index (χ2v) is 6.60. The molecule has 2 heterocycles. The topological polar surface area (TPSA) is 71.5 Å². The molecule has 1 saturated heterocycles. The number of aromatic nitrogens is 1. The number of benzene rings is 1. The van der Waals surface area contributed by atoms with E-state index >= 15 is 0 Å². The van der Waals surface area contributed by atoms with E-state index in [2.05, 4.69) is 38.1 Å². The molecule has 2 N–H and O–H groups in total. The SMILES string of the molecule is COc1cc(Br)nc(-c2cccc(C#C[C@@]3(CO)CCNC3=O)c2)c1. The number of halogens is 1. The van der Waals surface area contributed by atoms with E-state index in [0.29, 0.717) is 23.3 Å². The molecule has 1 aliphatic heterocycles. The Kier molecular flexibility index (Phi) is 5.07. The standard InChI is InChI=1S/C19H17BrN2O3/c1-25-15-10-16(22-17(20)11-15)14-4-2-3-13(9-14)5-6-19(12-23)7-8-21-18(19)24/h2-4,9-11,23H,7-8,12H2,1H3,(H,21,24)/t19-/m0/s1. The van der Waals surface area contributed by atoms with Crippen molar-refractivity contribution in [3.05, 3.63) is 46.6 Å². The first-order chi connectivity index (χ1) is 12.1. The molecule has 0 radical (unpaired) electrons. The molecule has 0 unspecified atom stereocenters. The van der Waals surface area contributed by atoms with E-state index in [1.54, 1.807) is 13.2 Å². The molecule has 0 bridgehead atoms. The number of carbonyl (C=O) groups is 1. The molecule has 25 heavy (non-hydrogen) atoms. The third kappa shape index (κ3) is 3.68. The summed E-state index contributed by atoms with van der Waals surface area (Å²) in [4.78, 5) is 16.4. The molecule has 2 aromatic rings. The summed E-state index contributed by atoms with van der Waals surface area (Å²) in [7, 11) is 1.61. The molecule has 0 saturated carbocycles. The number of nitrogens with one attached hydrogen (secondary N) is 1. The first kappa shape index (κ1) is 17.5. The molecule has 1 aliphatic rings. The van der Waals surface area contributed by atoms with Crippen LogP contribution in [0.15, 0.2) is 41.0 Å². The minimum Gasteiger partial charge on any atom is -0.497 e. The number of hydrogen-bond donors (Lipinski definition) is 2. The van der Waals surface area contributed by atoms with E-state index in [4.69, 9.17) is 4.74 Å². The van der Waals surface area contributed by atoms with Gasteiger partial charge in [-0.25, -0.2) is 4.98 Å². The van der Waals surface area contributed by atoms with Crippen LogP contribution < -0.4 is 10.1 Å². The Balaban J connectivity index is 1.95. The van der Waals surface area contributed by atoms with Crippen LogP contribution in [0.5, 0.6) is 5.75 Å². The van der Waals surface area contributed by atoms with Gasteiger partial charge < -0.3 is 15.2 Å². The van der Waals surface area contributed by atoms with Crippen LogP contribution in [0.3, 0.4) is 0 Å². The van der Waals surface area contributed by atoms with Gasteiger partial charge in [0, 0.05) is 29.8 Å². The van der Waals surface area contributed by atoms with Gasteiger partial charge in [0.15, 0.2) is 0 Å². The van der Waals surface area contributed by atoms with E-state index in [0.717, 1.165) is 16.8 Å². The Morgan fingerprint density at radius 3 is 2.92 bits per heavy atom. The number of methoxy groups -OCH3 is 1. The minimum absolute atomic E-state index is 0.211. The number of carbonyl (C=O) groups excluding carboxylic acids is 1. The van der Waals surface area contributed by atoms with Crippen molar-refractivity contribution in [3.8, 4) is 28.8 Å². The normalized spacial score (nSPS) is 19.1. The van der Waals surface area contributed by atoms with Crippen molar-refractivity contribution in [2.75, 3.05) is 20.3 Å². The lowest BCUT2D eigenvalue weighted by Gasteiger charge is -2.15. The number of ether oxygens (including phenoxy) is 1. The van der Waals surface area contributed by atoms with Crippen LogP contribution in [0.1, 0.15) is 12.0 Å². The second kappa shape index (κ2) is 7.26. The van der Waals surface area contributed by atoms with Gasteiger partial charge in [-0.2, -0.15) is 0 Å². The molecular formula is C19H17BrN2O3. The zero-order valence-electron chi connectivity index (χ0n) is 13.7. The van der Waals surface area contributed by atoms with E-state index in [1.807, 2.05) is 30.3 Å². The predicted molar refractivity (Wildman–Crippen MR) is 97.9 cm³/mol. The van der Waals surface area contributed by atoms with Crippen LogP contribution >= 0.6 is 15.9 Å². The third-order valence-corrected chi connectivity index (χ3v) is 4.56. The van der Waals surface area contributed by atoms with Crippen molar-refractivity contribution in [1.82, 2.24) is 10.3 Å². The van der Waals surface area contributed by atoms with Crippen LogP contribution in [0, 0.1) is 17.3 Å². The fraction of sp³-hybridized carbons (Fsp3) is 0.263. The highest BCUT2D eigenvalue weighted by molar-refractivity contribution is 9.10. The number of aliphatic hydroxyl groups is 1. The molecule has 0 aliphatic carbocycles. The molecule has 1 fully saturated rings. The zero-order valence-corrected chi connectivity index (χ0v) is 15.3. The van der Waals surface area contributed by atoms with Gasteiger partial charge in [0.2, 0.25) is 5.91 Å². The predicted octanol–water partition coefficient (Wildman–Crippen LogP) is 2.37. The number of hydrogen-bond acceptors (Lipinski definition) is 4. The second-order valence-electron chi connectivity index (χ2n) is 5.79. The number of amides is 1. The van der Waals surface area contributed by atoms with E-state index < -0.39 is 5.41 Å². The van der Waals surface area contributed by atoms with Crippen molar-refractivity contribution in [3.63, 3.8) is 0 Å². The van der Waals surface area contributed by atoms with Gasteiger partial charge >= 0.3 is 0 Å². The Labute approximate surface area is 154 Å². The smallest absolute Gasteiger partial charge is 0.240 e. The summed E-state index contributed by atoms with van der Waals surface area (Å²) in [6.45, 7) is 0.256. The Morgan fingerprint density at radius 1 is 1.40 bits per heavy atom. The zero-order chi connectivity index (χ0) is 17.9. The maximum absolute atomic E-state index is 11.9. The molecular weight excluding hydrogens is 384 g/mol. The summed E-state index contributed by atoms with van der Waals surface area (Å²) in [6.07, 6.45) is 0.513.